The lowest BCUT2D eigenvalue weighted by Gasteiger charge is -2.28. The number of rotatable bonds is 2. The summed E-state index contributed by atoms with van der Waals surface area (Å²) in [6.07, 6.45) is 1.87. The predicted molar refractivity (Wildman–Crippen MR) is 52.7 cm³/mol. The predicted octanol–water partition coefficient (Wildman–Crippen LogP) is -0.0290. The molecule has 3 atom stereocenters. The fourth-order valence-corrected chi connectivity index (χ4v) is 2.32. The smallest absolute Gasteiger partial charge is 0.239 e. The van der Waals surface area contributed by atoms with E-state index in [4.69, 9.17) is 10.5 Å². The average molecular weight is 198 g/mol. The first-order chi connectivity index (χ1) is 6.70. The molecular formula is C10H18N2O2. The molecule has 0 spiro atoms. The number of carbonyl (C=O) groups excluding carboxylic acids is 1. The van der Waals surface area contributed by atoms with E-state index in [9.17, 15) is 4.79 Å². The monoisotopic (exact) mass is 198 g/mol. The van der Waals surface area contributed by atoms with Gasteiger partial charge in [0.05, 0.1) is 12.6 Å². The first-order valence-electron chi connectivity index (χ1n) is 5.34. The van der Waals surface area contributed by atoms with Gasteiger partial charge >= 0.3 is 0 Å². The Hall–Kier alpha value is -0.610. The average Bonchev–Trinajstić information content (AvgIpc) is 2.77. The van der Waals surface area contributed by atoms with E-state index in [2.05, 4.69) is 6.92 Å². The van der Waals surface area contributed by atoms with Gasteiger partial charge in [-0.2, -0.15) is 0 Å². The summed E-state index contributed by atoms with van der Waals surface area (Å²) in [6, 6.07) is 0.0262. The lowest BCUT2D eigenvalue weighted by molar-refractivity contribution is -0.131. The number of hydrogen-bond acceptors (Lipinski definition) is 3. The summed E-state index contributed by atoms with van der Waals surface area (Å²) < 4.78 is 5.33. The lowest BCUT2D eigenvalue weighted by Crippen LogP contribution is -2.43. The van der Waals surface area contributed by atoms with Gasteiger partial charge in [0.15, 0.2) is 0 Å². The number of ether oxygens (including phenoxy) is 1. The van der Waals surface area contributed by atoms with Crippen LogP contribution < -0.4 is 5.73 Å². The zero-order valence-corrected chi connectivity index (χ0v) is 8.61. The van der Waals surface area contributed by atoms with E-state index in [0.29, 0.717) is 12.0 Å². The van der Waals surface area contributed by atoms with Gasteiger partial charge in [0.2, 0.25) is 5.91 Å². The maximum Gasteiger partial charge on any atom is 0.239 e. The summed E-state index contributed by atoms with van der Waals surface area (Å²) >= 11 is 0. The molecule has 0 radical (unpaired) electrons. The molecule has 2 saturated heterocycles. The van der Waals surface area contributed by atoms with Gasteiger partial charge in [-0.15, -0.1) is 0 Å². The Balaban J connectivity index is 1.97. The molecule has 2 aliphatic heterocycles. The third kappa shape index (κ3) is 1.64. The second kappa shape index (κ2) is 3.87. The quantitative estimate of drug-likeness (QED) is 0.678. The fourth-order valence-electron chi connectivity index (χ4n) is 2.32. The van der Waals surface area contributed by atoms with Gasteiger partial charge in [-0.1, -0.05) is 0 Å². The lowest BCUT2D eigenvalue weighted by atomic mass is 9.99. The van der Waals surface area contributed by atoms with Crippen LogP contribution in [-0.2, 0) is 9.53 Å². The van der Waals surface area contributed by atoms with E-state index >= 15 is 0 Å². The maximum absolute atomic E-state index is 11.7. The molecule has 1 amide bonds. The minimum Gasteiger partial charge on any atom is -0.381 e. The second-order valence-electron chi connectivity index (χ2n) is 4.29. The Morgan fingerprint density at radius 2 is 2.36 bits per heavy atom. The van der Waals surface area contributed by atoms with Gasteiger partial charge < -0.3 is 15.4 Å². The number of nitrogens with zero attached hydrogens (tertiary/aromatic N) is 1. The first kappa shape index (κ1) is 9.93. The molecule has 80 valence electrons. The highest BCUT2D eigenvalue weighted by Gasteiger charge is 2.36. The van der Waals surface area contributed by atoms with Crippen LogP contribution in [0.2, 0.25) is 0 Å². The summed E-state index contributed by atoms with van der Waals surface area (Å²) in [5, 5.41) is 0. The van der Waals surface area contributed by atoms with Crippen molar-refractivity contribution in [3.63, 3.8) is 0 Å². The topological polar surface area (TPSA) is 55.6 Å². The van der Waals surface area contributed by atoms with E-state index in [1.165, 1.54) is 0 Å². The van der Waals surface area contributed by atoms with Crippen LogP contribution in [0.4, 0.5) is 0 Å². The molecule has 0 bridgehead atoms. The van der Waals surface area contributed by atoms with E-state index in [-0.39, 0.29) is 11.9 Å². The van der Waals surface area contributed by atoms with Crippen LogP contribution in [-0.4, -0.2) is 42.6 Å². The minimum absolute atomic E-state index is 0.115. The number of hydrogen-bond donors (Lipinski definition) is 1. The van der Waals surface area contributed by atoms with Crippen LogP contribution in [0.15, 0.2) is 0 Å². The van der Waals surface area contributed by atoms with Gasteiger partial charge in [0.1, 0.15) is 0 Å². The van der Waals surface area contributed by atoms with E-state index < -0.39 is 0 Å². The highest BCUT2D eigenvalue weighted by Crippen LogP contribution is 2.24. The SMILES string of the molecule is CC(C1CCOC1)N1CCC(N)C1=O. The molecule has 4 nitrogen and oxygen atoms in total. The van der Waals surface area contributed by atoms with E-state index in [1.54, 1.807) is 0 Å². The van der Waals surface area contributed by atoms with Gasteiger partial charge in [0, 0.05) is 25.1 Å². The van der Waals surface area contributed by atoms with E-state index in [1.807, 2.05) is 4.90 Å². The van der Waals surface area contributed by atoms with E-state index in [0.717, 1.165) is 32.6 Å². The normalized spacial score (nSPS) is 35.3. The second-order valence-corrected chi connectivity index (χ2v) is 4.29. The standard InChI is InChI=1S/C10H18N2O2/c1-7(8-3-5-14-6-8)12-4-2-9(11)10(12)13/h7-9H,2-6,11H2,1H3. The van der Waals surface area contributed by atoms with Gasteiger partial charge in [-0.25, -0.2) is 0 Å². The molecule has 4 heteroatoms. The molecule has 2 rings (SSSR count). The van der Waals surface area contributed by atoms with Crippen LogP contribution in [0.5, 0.6) is 0 Å². The van der Waals surface area contributed by atoms with Crippen LogP contribution in [0.25, 0.3) is 0 Å². The molecule has 2 aliphatic rings. The zero-order chi connectivity index (χ0) is 10.1. The molecule has 2 N–H and O–H groups in total. The molecule has 3 unspecified atom stereocenters. The molecular weight excluding hydrogens is 180 g/mol. The van der Waals surface area contributed by atoms with Gasteiger partial charge in [-0.3, -0.25) is 4.79 Å². The van der Waals surface area contributed by atoms with Crippen molar-refractivity contribution < 1.29 is 9.53 Å². The largest absolute Gasteiger partial charge is 0.381 e. The molecule has 0 saturated carbocycles. The van der Waals surface area contributed by atoms with Crippen molar-refractivity contribution in [1.82, 2.24) is 4.90 Å². The Bertz CT molecular complexity index is 226. The fraction of sp³-hybridized carbons (Fsp3) is 0.900. The summed E-state index contributed by atoms with van der Waals surface area (Å²) in [4.78, 5) is 13.6. The molecule has 14 heavy (non-hydrogen) atoms. The number of nitrogens with two attached hydrogens (primary N) is 1. The first-order valence-corrected chi connectivity index (χ1v) is 5.34. The minimum atomic E-state index is -0.264. The zero-order valence-electron chi connectivity index (χ0n) is 8.61. The van der Waals surface area contributed by atoms with Gasteiger partial charge in [-0.05, 0) is 19.8 Å². The van der Waals surface area contributed by atoms with Crippen molar-refractivity contribution in [2.24, 2.45) is 11.7 Å². The van der Waals surface area contributed by atoms with Crippen LogP contribution in [0.1, 0.15) is 19.8 Å². The summed E-state index contributed by atoms with van der Waals surface area (Å²) in [5.41, 5.74) is 5.68. The highest BCUT2D eigenvalue weighted by atomic mass is 16.5. The van der Waals surface area contributed by atoms with Crippen LogP contribution in [0, 0.1) is 5.92 Å². The van der Waals surface area contributed by atoms with Crippen molar-refractivity contribution in [3.8, 4) is 0 Å². The van der Waals surface area contributed by atoms with Crippen molar-refractivity contribution in [1.29, 1.82) is 0 Å². The summed E-state index contributed by atoms with van der Waals surface area (Å²) in [6.45, 7) is 4.55. The molecule has 0 aromatic heterocycles. The number of likely N-dealkylation sites (tertiary alicyclic amines) is 1. The Labute approximate surface area is 84.4 Å². The molecule has 0 aliphatic carbocycles. The highest BCUT2D eigenvalue weighted by molar-refractivity contribution is 5.84. The maximum atomic E-state index is 11.7. The third-order valence-electron chi connectivity index (χ3n) is 3.42. The number of carbonyl (C=O) groups is 1. The molecule has 2 fully saturated rings. The molecule has 0 aromatic rings. The number of amides is 1. The Morgan fingerprint density at radius 3 is 2.86 bits per heavy atom. The summed E-state index contributed by atoms with van der Waals surface area (Å²) in [7, 11) is 0. The molecule has 2 heterocycles. The Morgan fingerprint density at radius 1 is 1.57 bits per heavy atom. The van der Waals surface area contributed by atoms with Crippen molar-refractivity contribution >= 4 is 5.91 Å². The van der Waals surface area contributed by atoms with Gasteiger partial charge in [0.25, 0.3) is 0 Å². The molecule has 0 aromatic carbocycles. The van der Waals surface area contributed by atoms with Crippen LogP contribution >= 0.6 is 0 Å². The van der Waals surface area contributed by atoms with Crippen LogP contribution in [0.3, 0.4) is 0 Å². The Kier molecular flexibility index (Phi) is 2.74. The van der Waals surface area contributed by atoms with Crippen molar-refractivity contribution in [3.05, 3.63) is 0 Å². The summed E-state index contributed by atoms with van der Waals surface area (Å²) in [5.74, 6) is 0.619. The third-order valence-corrected chi connectivity index (χ3v) is 3.42. The van der Waals surface area contributed by atoms with Crippen molar-refractivity contribution in [2.75, 3.05) is 19.8 Å². The van der Waals surface area contributed by atoms with Crippen molar-refractivity contribution in [2.45, 2.75) is 31.8 Å².